The van der Waals surface area contributed by atoms with Crippen LogP contribution in [0.25, 0.3) is 0 Å². The number of anilines is 1. The first kappa shape index (κ1) is 12.8. The van der Waals surface area contributed by atoms with Crippen LogP contribution in [0.2, 0.25) is 0 Å². The summed E-state index contributed by atoms with van der Waals surface area (Å²) in [4.78, 5) is 12.8. The molecular weight excluding hydrogens is 256 g/mol. The van der Waals surface area contributed by atoms with E-state index in [4.69, 9.17) is 5.11 Å². The first-order valence-electron chi connectivity index (χ1n) is 5.58. The summed E-state index contributed by atoms with van der Waals surface area (Å²) in [6.45, 7) is 2.38. The van der Waals surface area contributed by atoms with Crippen molar-refractivity contribution in [3.05, 3.63) is 24.3 Å². The molecule has 0 radical (unpaired) electrons. The van der Waals surface area contributed by atoms with Gasteiger partial charge in [0.25, 0.3) is 0 Å². The highest BCUT2D eigenvalue weighted by atomic mass is 32.2. The minimum Gasteiger partial charge on any atom is -0.479 e. The van der Waals surface area contributed by atoms with Crippen molar-refractivity contribution in [3.8, 4) is 0 Å². The molecule has 0 fully saturated rings. The Labute approximate surface area is 105 Å². The van der Waals surface area contributed by atoms with E-state index in [1.54, 1.807) is 23.1 Å². The number of para-hydroxylation sites is 1. The van der Waals surface area contributed by atoms with Crippen molar-refractivity contribution in [1.82, 2.24) is 4.72 Å². The van der Waals surface area contributed by atoms with Gasteiger partial charge in [0.1, 0.15) is 4.90 Å². The highest BCUT2D eigenvalue weighted by Gasteiger charge is 2.38. The van der Waals surface area contributed by atoms with Crippen molar-refractivity contribution in [2.24, 2.45) is 0 Å². The molecule has 1 atom stereocenters. The zero-order chi connectivity index (χ0) is 13.3. The highest BCUT2D eigenvalue weighted by Crippen LogP contribution is 2.30. The summed E-state index contributed by atoms with van der Waals surface area (Å²) in [5.74, 6) is -1.21. The Bertz CT molecular complexity index is 570. The van der Waals surface area contributed by atoms with E-state index in [0.717, 1.165) is 6.42 Å². The lowest BCUT2D eigenvalue weighted by atomic mass is 10.2. The summed E-state index contributed by atoms with van der Waals surface area (Å²) in [6.07, 6.45) is -0.523. The highest BCUT2D eigenvalue weighted by molar-refractivity contribution is 7.89. The Kier molecular flexibility index (Phi) is 3.27. The number of nitrogens with zero attached hydrogens (tertiary/aromatic N) is 1. The predicted molar refractivity (Wildman–Crippen MR) is 65.8 cm³/mol. The molecule has 0 aromatic heterocycles. The van der Waals surface area contributed by atoms with E-state index in [1.165, 1.54) is 6.07 Å². The Morgan fingerprint density at radius 1 is 1.44 bits per heavy atom. The van der Waals surface area contributed by atoms with E-state index in [2.05, 4.69) is 4.72 Å². The first-order chi connectivity index (χ1) is 8.47. The molecule has 0 saturated heterocycles. The van der Waals surface area contributed by atoms with Gasteiger partial charge in [0.2, 0.25) is 10.0 Å². The van der Waals surface area contributed by atoms with Crippen LogP contribution in [0.4, 0.5) is 5.69 Å². The molecule has 7 heteroatoms. The lowest BCUT2D eigenvalue weighted by Crippen LogP contribution is -2.56. The number of hydrogen-bond donors (Lipinski definition) is 2. The molecule has 1 aliphatic rings. The number of carboxylic acid groups (broad SMARTS) is 1. The number of carbonyl (C=O) groups is 1. The van der Waals surface area contributed by atoms with Gasteiger partial charge in [-0.15, -0.1) is 0 Å². The molecule has 0 spiro atoms. The molecule has 1 unspecified atom stereocenters. The molecule has 0 saturated carbocycles. The monoisotopic (exact) mass is 270 g/mol. The molecule has 98 valence electrons. The Morgan fingerprint density at radius 2 is 2.11 bits per heavy atom. The number of rotatable bonds is 3. The van der Waals surface area contributed by atoms with Gasteiger partial charge >= 0.3 is 5.97 Å². The molecule has 1 aromatic carbocycles. The van der Waals surface area contributed by atoms with E-state index < -0.39 is 22.2 Å². The molecule has 6 nitrogen and oxygen atoms in total. The van der Waals surface area contributed by atoms with Crippen molar-refractivity contribution in [1.29, 1.82) is 0 Å². The van der Waals surface area contributed by atoms with Crippen LogP contribution < -0.4 is 9.62 Å². The van der Waals surface area contributed by atoms with Crippen LogP contribution in [-0.4, -0.2) is 32.2 Å². The van der Waals surface area contributed by atoms with Gasteiger partial charge in [-0.3, -0.25) is 0 Å². The number of fused-ring (bicyclic) bond motifs is 1. The average Bonchev–Trinajstić information content (AvgIpc) is 2.32. The minimum atomic E-state index is -3.76. The van der Waals surface area contributed by atoms with Gasteiger partial charge in [-0.25, -0.2) is 13.2 Å². The van der Waals surface area contributed by atoms with E-state index in [0.29, 0.717) is 12.2 Å². The molecule has 2 rings (SSSR count). The van der Waals surface area contributed by atoms with Crippen molar-refractivity contribution in [2.75, 3.05) is 11.4 Å². The summed E-state index contributed by atoms with van der Waals surface area (Å²) in [5, 5.41) is 9.12. The second-order valence-corrected chi connectivity index (χ2v) is 5.71. The lowest BCUT2D eigenvalue weighted by molar-refractivity contribution is -0.139. The third kappa shape index (κ3) is 2.06. The smallest absolute Gasteiger partial charge is 0.342 e. The minimum absolute atomic E-state index is 0.121. The van der Waals surface area contributed by atoms with Crippen LogP contribution in [0.5, 0.6) is 0 Å². The van der Waals surface area contributed by atoms with Crippen molar-refractivity contribution < 1.29 is 18.3 Å². The molecule has 1 heterocycles. The van der Waals surface area contributed by atoms with Gasteiger partial charge in [-0.2, -0.15) is 4.72 Å². The third-order valence-corrected chi connectivity index (χ3v) is 4.20. The average molecular weight is 270 g/mol. The fourth-order valence-electron chi connectivity index (χ4n) is 2.01. The number of carboxylic acids is 1. The summed E-state index contributed by atoms with van der Waals surface area (Å²) in [7, 11) is -3.76. The molecule has 2 N–H and O–H groups in total. The largest absolute Gasteiger partial charge is 0.479 e. The standard InChI is InChI=1S/C11H14N2O4S/c1-2-7-13-8-5-3-4-6-9(8)18(16,17)12-10(13)11(14)15/h3-6,10,12H,2,7H2,1H3,(H,14,15). The van der Waals surface area contributed by atoms with Crippen molar-refractivity contribution in [2.45, 2.75) is 24.4 Å². The van der Waals surface area contributed by atoms with Crippen LogP contribution in [-0.2, 0) is 14.8 Å². The normalized spacial score (nSPS) is 21.4. The maximum atomic E-state index is 11.9. The van der Waals surface area contributed by atoms with Gasteiger partial charge in [0, 0.05) is 6.54 Å². The fraction of sp³-hybridized carbons (Fsp3) is 0.364. The van der Waals surface area contributed by atoms with Gasteiger partial charge < -0.3 is 10.0 Å². The Hall–Kier alpha value is -1.60. The van der Waals surface area contributed by atoms with E-state index in [1.807, 2.05) is 6.92 Å². The fourth-order valence-corrected chi connectivity index (χ4v) is 3.38. The molecule has 1 aromatic rings. The van der Waals surface area contributed by atoms with Crippen LogP contribution in [0.1, 0.15) is 13.3 Å². The quantitative estimate of drug-likeness (QED) is 0.840. The lowest BCUT2D eigenvalue weighted by Gasteiger charge is -2.36. The predicted octanol–water partition coefficient (Wildman–Crippen LogP) is 0.606. The van der Waals surface area contributed by atoms with Crippen molar-refractivity contribution >= 4 is 21.7 Å². The third-order valence-electron chi connectivity index (χ3n) is 2.74. The number of sulfonamides is 1. The summed E-state index contributed by atoms with van der Waals surface area (Å²) in [5.41, 5.74) is 0.436. The van der Waals surface area contributed by atoms with Gasteiger partial charge in [0.05, 0.1) is 5.69 Å². The first-order valence-corrected chi connectivity index (χ1v) is 7.06. The summed E-state index contributed by atoms with van der Waals surface area (Å²) >= 11 is 0. The van der Waals surface area contributed by atoms with E-state index in [9.17, 15) is 13.2 Å². The van der Waals surface area contributed by atoms with Gasteiger partial charge in [-0.1, -0.05) is 19.1 Å². The molecular formula is C11H14N2O4S. The summed E-state index contributed by atoms with van der Waals surface area (Å²) in [6, 6.07) is 6.41. The second kappa shape index (κ2) is 4.58. The molecule has 18 heavy (non-hydrogen) atoms. The SMILES string of the molecule is CCCN1c2ccccc2S(=O)(=O)NC1C(=O)O. The van der Waals surface area contributed by atoms with Gasteiger partial charge in [0.15, 0.2) is 6.17 Å². The zero-order valence-electron chi connectivity index (χ0n) is 9.83. The summed E-state index contributed by atoms with van der Waals surface area (Å²) < 4.78 is 26.1. The van der Waals surface area contributed by atoms with E-state index in [-0.39, 0.29) is 4.90 Å². The molecule has 0 aliphatic carbocycles. The van der Waals surface area contributed by atoms with Crippen LogP contribution in [0.3, 0.4) is 0 Å². The number of hydrogen-bond acceptors (Lipinski definition) is 4. The maximum Gasteiger partial charge on any atom is 0.342 e. The van der Waals surface area contributed by atoms with Gasteiger partial charge in [-0.05, 0) is 18.6 Å². The second-order valence-electron chi connectivity index (χ2n) is 4.02. The van der Waals surface area contributed by atoms with Crippen molar-refractivity contribution in [3.63, 3.8) is 0 Å². The molecule has 0 bridgehead atoms. The molecule has 1 aliphatic heterocycles. The zero-order valence-corrected chi connectivity index (χ0v) is 10.6. The van der Waals surface area contributed by atoms with Crippen LogP contribution in [0, 0.1) is 0 Å². The number of aliphatic carboxylic acids is 1. The number of nitrogens with one attached hydrogen (secondary N) is 1. The molecule has 0 amide bonds. The van der Waals surface area contributed by atoms with E-state index >= 15 is 0 Å². The van der Waals surface area contributed by atoms with Crippen LogP contribution in [0.15, 0.2) is 29.2 Å². The van der Waals surface area contributed by atoms with Crippen LogP contribution >= 0.6 is 0 Å². The Morgan fingerprint density at radius 3 is 2.72 bits per heavy atom. The Balaban J connectivity index is 2.58. The topological polar surface area (TPSA) is 86.7 Å². The number of benzene rings is 1. The maximum absolute atomic E-state index is 11.9.